The van der Waals surface area contributed by atoms with Crippen molar-refractivity contribution in [3.63, 3.8) is 0 Å². The van der Waals surface area contributed by atoms with E-state index in [4.69, 9.17) is 11.6 Å². The Hall–Kier alpha value is -2.07. The monoisotopic (exact) mass is 289 g/mol. The lowest BCUT2D eigenvalue weighted by Crippen LogP contribution is -2.04. The standard InChI is InChI=1S/C15H13ClFN3/c1-10-14(20-7-3-2-4-15(20)19-10)9-18-11-5-6-13(17)12(16)8-11/h2-8,18H,9H2,1H3. The largest absolute Gasteiger partial charge is 0.379 e. The van der Waals surface area contributed by atoms with Crippen LogP contribution in [0.3, 0.4) is 0 Å². The van der Waals surface area contributed by atoms with Crippen LogP contribution in [0.1, 0.15) is 11.4 Å². The number of nitrogens with one attached hydrogen (secondary N) is 1. The van der Waals surface area contributed by atoms with Gasteiger partial charge in [0.25, 0.3) is 0 Å². The fraction of sp³-hybridized carbons (Fsp3) is 0.133. The lowest BCUT2D eigenvalue weighted by atomic mass is 10.3. The van der Waals surface area contributed by atoms with Crippen LogP contribution >= 0.6 is 11.6 Å². The van der Waals surface area contributed by atoms with Crippen LogP contribution in [0.25, 0.3) is 5.65 Å². The topological polar surface area (TPSA) is 29.3 Å². The van der Waals surface area contributed by atoms with Gasteiger partial charge in [-0.05, 0) is 37.3 Å². The highest BCUT2D eigenvalue weighted by Gasteiger charge is 2.08. The minimum atomic E-state index is -0.414. The second-order valence-electron chi connectivity index (χ2n) is 4.56. The molecular formula is C15H13ClFN3. The molecule has 0 unspecified atom stereocenters. The third-order valence-corrected chi connectivity index (χ3v) is 3.50. The van der Waals surface area contributed by atoms with Crippen molar-refractivity contribution < 1.29 is 4.39 Å². The molecule has 0 saturated heterocycles. The van der Waals surface area contributed by atoms with E-state index in [-0.39, 0.29) is 5.02 Å². The molecule has 2 heterocycles. The Morgan fingerprint density at radius 1 is 1.30 bits per heavy atom. The molecule has 1 aromatic carbocycles. The van der Waals surface area contributed by atoms with Crippen LogP contribution in [0.2, 0.25) is 5.02 Å². The lowest BCUT2D eigenvalue weighted by molar-refractivity contribution is 0.628. The summed E-state index contributed by atoms with van der Waals surface area (Å²) >= 11 is 5.77. The maximum Gasteiger partial charge on any atom is 0.141 e. The Morgan fingerprint density at radius 2 is 2.15 bits per heavy atom. The predicted molar refractivity (Wildman–Crippen MR) is 78.7 cm³/mol. The van der Waals surface area contributed by atoms with E-state index >= 15 is 0 Å². The Labute approximate surface area is 121 Å². The van der Waals surface area contributed by atoms with Crippen molar-refractivity contribution in [2.45, 2.75) is 13.5 Å². The molecular weight excluding hydrogens is 277 g/mol. The van der Waals surface area contributed by atoms with Gasteiger partial charge >= 0.3 is 0 Å². The number of pyridine rings is 1. The summed E-state index contributed by atoms with van der Waals surface area (Å²) < 4.78 is 15.1. The zero-order valence-corrected chi connectivity index (χ0v) is 11.7. The summed E-state index contributed by atoms with van der Waals surface area (Å²) in [6.45, 7) is 2.57. The predicted octanol–water partition coefficient (Wildman–Crippen LogP) is 4.05. The molecule has 0 aliphatic rings. The number of anilines is 1. The van der Waals surface area contributed by atoms with E-state index < -0.39 is 5.82 Å². The second-order valence-corrected chi connectivity index (χ2v) is 4.96. The van der Waals surface area contributed by atoms with Gasteiger partial charge in [0.2, 0.25) is 0 Å². The third kappa shape index (κ3) is 2.34. The fourth-order valence-corrected chi connectivity index (χ4v) is 2.35. The van der Waals surface area contributed by atoms with Crippen LogP contribution in [-0.2, 0) is 6.54 Å². The Balaban J connectivity index is 1.86. The van der Waals surface area contributed by atoms with Crippen LogP contribution in [-0.4, -0.2) is 9.38 Å². The number of hydrogen-bond donors (Lipinski definition) is 1. The second kappa shape index (κ2) is 5.13. The van der Waals surface area contributed by atoms with E-state index in [1.54, 1.807) is 12.1 Å². The van der Waals surface area contributed by atoms with E-state index in [1.165, 1.54) is 6.07 Å². The molecule has 2 aromatic heterocycles. The summed E-state index contributed by atoms with van der Waals surface area (Å²) in [4.78, 5) is 4.49. The average molecular weight is 290 g/mol. The Kier molecular flexibility index (Phi) is 3.32. The van der Waals surface area contributed by atoms with E-state index in [1.807, 2.05) is 35.7 Å². The number of hydrogen-bond acceptors (Lipinski definition) is 2. The first-order valence-corrected chi connectivity index (χ1v) is 6.64. The van der Waals surface area contributed by atoms with Gasteiger partial charge in [-0.25, -0.2) is 9.37 Å². The van der Waals surface area contributed by atoms with Gasteiger partial charge in [0.15, 0.2) is 0 Å². The van der Waals surface area contributed by atoms with Crippen LogP contribution in [0, 0.1) is 12.7 Å². The van der Waals surface area contributed by atoms with Crippen molar-refractivity contribution in [2.75, 3.05) is 5.32 Å². The number of halogens is 2. The molecule has 0 aliphatic heterocycles. The minimum Gasteiger partial charge on any atom is -0.379 e. The van der Waals surface area contributed by atoms with Gasteiger partial charge in [-0.15, -0.1) is 0 Å². The smallest absolute Gasteiger partial charge is 0.141 e. The molecule has 0 amide bonds. The number of aromatic nitrogens is 2. The first-order chi connectivity index (χ1) is 9.65. The zero-order valence-electron chi connectivity index (χ0n) is 10.9. The molecule has 3 rings (SSSR count). The van der Waals surface area contributed by atoms with Gasteiger partial charge in [0.1, 0.15) is 11.5 Å². The summed E-state index contributed by atoms with van der Waals surface area (Å²) in [5.41, 5.74) is 3.73. The van der Waals surface area contributed by atoms with E-state index in [2.05, 4.69) is 10.3 Å². The molecule has 0 aliphatic carbocycles. The Bertz CT molecular complexity index is 767. The number of fused-ring (bicyclic) bond motifs is 1. The molecule has 0 bridgehead atoms. The van der Waals surface area contributed by atoms with Crippen molar-refractivity contribution in [1.29, 1.82) is 0 Å². The summed E-state index contributed by atoms with van der Waals surface area (Å²) in [6.07, 6.45) is 1.98. The quantitative estimate of drug-likeness (QED) is 0.788. The average Bonchev–Trinajstić information content (AvgIpc) is 2.76. The van der Waals surface area contributed by atoms with Crippen LogP contribution in [0.15, 0.2) is 42.6 Å². The summed E-state index contributed by atoms with van der Waals surface area (Å²) in [5.74, 6) is -0.414. The van der Waals surface area contributed by atoms with Crippen LogP contribution < -0.4 is 5.32 Å². The van der Waals surface area contributed by atoms with E-state index in [0.29, 0.717) is 6.54 Å². The molecule has 0 atom stereocenters. The SMILES string of the molecule is Cc1nc2ccccn2c1CNc1ccc(F)c(Cl)c1. The third-order valence-electron chi connectivity index (χ3n) is 3.21. The highest BCUT2D eigenvalue weighted by atomic mass is 35.5. The maximum atomic E-state index is 13.1. The zero-order chi connectivity index (χ0) is 14.1. The molecule has 5 heteroatoms. The van der Waals surface area contributed by atoms with Crippen molar-refractivity contribution in [3.8, 4) is 0 Å². The van der Waals surface area contributed by atoms with E-state index in [9.17, 15) is 4.39 Å². The molecule has 0 spiro atoms. The van der Waals surface area contributed by atoms with Gasteiger partial charge in [-0.2, -0.15) is 0 Å². The van der Waals surface area contributed by atoms with Crippen molar-refractivity contribution in [2.24, 2.45) is 0 Å². The molecule has 1 N–H and O–H groups in total. The minimum absolute atomic E-state index is 0.116. The Morgan fingerprint density at radius 3 is 2.95 bits per heavy atom. The molecule has 0 radical (unpaired) electrons. The molecule has 3 nitrogen and oxygen atoms in total. The van der Waals surface area contributed by atoms with Crippen molar-refractivity contribution in [3.05, 3.63) is 64.8 Å². The molecule has 20 heavy (non-hydrogen) atoms. The normalized spacial score (nSPS) is 10.9. The summed E-state index contributed by atoms with van der Waals surface area (Å²) in [6, 6.07) is 10.5. The van der Waals surface area contributed by atoms with Gasteiger partial charge in [-0.1, -0.05) is 17.7 Å². The first kappa shape index (κ1) is 12.9. The van der Waals surface area contributed by atoms with Gasteiger partial charge in [0, 0.05) is 11.9 Å². The molecule has 0 saturated carbocycles. The number of rotatable bonds is 3. The van der Waals surface area contributed by atoms with E-state index in [0.717, 1.165) is 22.7 Å². The number of aryl methyl sites for hydroxylation is 1. The number of imidazole rings is 1. The summed E-state index contributed by atoms with van der Waals surface area (Å²) in [7, 11) is 0. The van der Waals surface area contributed by atoms with Crippen LogP contribution in [0.5, 0.6) is 0 Å². The maximum absolute atomic E-state index is 13.1. The molecule has 0 fully saturated rings. The summed E-state index contributed by atoms with van der Waals surface area (Å²) in [5, 5.41) is 3.35. The van der Waals surface area contributed by atoms with Gasteiger partial charge in [0.05, 0.1) is 23.0 Å². The highest BCUT2D eigenvalue weighted by Crippen LogP contribution is 2.20. The first-order valence-electron chi connectivity index (χ1n) is 6.26. The number of nitrogens with zero attached hydrogens (tertiary/aromatic N) is 2. The molecule has 3 aromatic rings. The lowest BCUT2D eigenvalue weighted by Gasteiger charge is -2.08. The fourth-order valence-electron chi connectivity index (χ4n) is 2.17. The highest BCUT2D eigenvalue weighted by molar-refractivity contribution is 6.31. The van der Waals surface area contributed by atoms with Crippen molar-refractivity contribution in [1.82, 2.24) is 9.38 Å². The van der Waals surface area contributed by atoms with Crippen LogP contribution in [0.4, 0.5) is 10.1 Å². The van der Waals surface area contributed by atoms with Crippen molar-refractivity contribution >= 4 is 22.9 Å². The van der Waals surface area contributed by atoms with Gasteiger partial charge in [-0.3, -0.25) is 0 Å². The molecule has 102 valence electrons. The number of benzene rings is 1. The van der Waals surface area contributed by atoms with Gasteiger partial charge < -0.3 is 9.72 Å².